The summed E-state index contributed by atoms with van der Waals surface area (Å²) in [6.45, 7) is 6.13. The number of amides is 2. The number of para-hydroxylation sites is 3. The van der Waals surface area contributed by atoms with Crippen LogP contribution in [0.1, 0.15) is 26.3 Å². The highest BCUT2D eigenvalue weighted by molar-refractivity contribution is 7.99. The maximum absolute atomic E-state index is 13.1. The van der Waals surface area contributed by atoms with E-state index in [1.165, 1.54) is 17.3 Å². The standard InChI is InChI=1S/C23H26N4O2S/c1-15(2)24-21(28)13-26-20-11-7-5-9-18(20)25-23(26)30-14-22(29)27-16(3)12-17-8-4-6-10-19(17)27/h4-11,15-16H,12-14H2,1-3H3,(H,24,28)/t16-/m1/s1. The average Bonchev–Trinajstić information content (AvgIpc) is 3.22. The molecule has 1 aromatic heterocycles. The lowest BCUT2D eigenvalue weighted by Crippen LogP contribution is -2.37. The second-order valence-electron chi connectivity index (χ2n) is 7.93. The van der Waals surface area contributed by atoms with Crippen molar-refractivity contribution in [3.8, 4) is 0 Å². The molecular weight excluding hydrogens is 396 g/mol. The van der Waals surface area contributed by atoms with E-state index in [9.17, 15) is 9.59 Å². The summed E-state index contributed by atoms with van der Waals surface area (Å²) in [5, 5.41) is 3.61. The van der Waals surface area contributed by atoms with Crippen LogP contribution in [0.5, 0.6) is 0 Å². The van der Waals surface area contributed by atoms with E-state index in [0.717, 1.165) is 23.1 Å². The van der Waals surface area contributed by atoms with E-state index in [2.05, 4.69) is 23.3 Å². The summed E-state index contributed by atoms with van der Waals surface area (Å²) < 4.78 is 1.90. The minimum atomic E-state index is -0.0663. The van der Waals surface area contributed by atoms with Crippen LogP contribution in [0.2, 0.25) is 0 Å². The van der Waals surface area contributed by atoms with Gasteiger partial charge in [-0.25, -0.2) is 4.98 Å². The van der Waals surface area contributed by atoms with Crippen molar-refractivity contribution in [2.24, 2.45) is 0 Å². The highest BCUT2D eigenvalue weighted by atomic mass is 32.2. The molecule has 0 unspecified atom stereocenters. The van der Waals surface area contributed by atoms with Crippen molar-refractivity contribution in [2.45, 2.75) is 51.0 Å². The van der Waals surface area contributed by atoms with Gasteiger partial charge in [-0.3, -0.25) is 9.59 Å². The van der Waals surface area contributed by atoms with Crippen LogP contribution in [0, 0.1) is 0 Å². The minimum absolute atomic E-state index is 0.0580. The Morgan fingerprint density at radius 1 is 1.17 bits per heavy atom. The molecule has 1 atom stereocenters. The molecule has 2 aromatic carbocycles. The van der Waals surface area contributed by atoms with Gasteiger partial charge in [0.15, 0.2) is 5.16 Å². The molecule has 0 saturated carbocycles. The molecule has 2 amide bonds. The van der Waals surface area contributed by atoms with Gasteiger partial charge in [0.25, 0.3) is 0 Å². The van der Waals surface area contributed by atoms with Crippen LogP contribution >= 0.6 is 11.8 Å². The number of thioether (sulfide) groups is 1. The highest BCUT2D eigenvalue weighted by Gasteiger charge is 2.30. The lowest BCUT2D eigenvalue weighted by atomic mass is 10.1. The Bertz CT molecular complexity index is 1090. The van der Waals surface area contributed by atoms with Crippen LogP contribution in [-0.4, -0.2) is 39.2 Å². The van der Waals surface area contributed by atoms with E-state index in [-0.39, 0.29) is 36.2 Å². The monoisotopic (exact) mass is 422 g/mol. The molecule has 0 aliphatic carbocycles. The smallest absolute Gasteiger partial charge is 0.240 e. The molecule has 1 N–H and O–H groups in total. The maximum Gasteiger partial charge on any atom is 0.240 e. The van der Waals surface area contributed by atoms with Crippen LogP contribution in [0.15, 0.2) is 53.7 Å². The summed E-state index contributed by atoms with van der Waals surface area (Å²) in [6, 6.07) is 16.0. The SMILES string of the molecule is CC(C)NC(=O)Cn1c(SCC(=O)N2c3ccccc3C[C@H]2C)nc2ccccc21. The lowest BCUT2D eigenvalue weighted by Gasteiger charge is -2.22. The van der Waals surface area contributed by atoms with Crippen molar-refractivity contribution in [1.29, 1.82) is 0 Å². The summed E-state index contributed by atoms with van der Waals surface area (Å²) in [7, 11) is 0. The zero-order valence-corrected chi connectivity index (χ0v) is 18.3. The number of imidazole rings is 1. The Morgan fingerprint density at radius 2 is 1.90 bits per heavy atom. The van der Waals surface area contributed by atoms with Gasteiger partial charge in [-0.15, -0.1) is 0 Å². The molecule has 1 aliphatic heterocycles. The van der Waals surface area contributed by atoms with E-state index >= 15 is 0 Å². The first-order valence-electron chi connectivity index (χ1n) is 10.2. The fourth-order valence-electron chi connectivity index (χ4n) is 3.97. The van der Waals surface area contributed by atoms with Crippen molar-refractivity contribution in [3.63, 3.8) is 0 Å². The van der Waals surface area contributed by atoms with Gasteiger partial charge in [-0.05, 0) is 51.0 Å². The fraction of sp³-hybridized carbons (Fsp3) is 0.348. The average molecular weight is 423 g/mol. The van der Waals surface area contributed by atoms with Crippen LogP contribution in [-0.2, 0) is 22.6 Å². The molecule has 4 rings (SSSR count). The summed E-state index contributed by atoms with van der Waals surface area (Å²) in [6.07, 6.45) is 0.875. The third-order valence-electron chi connectivity index (χ3n) is 5.17. The van der Waals surface area contributed by atoms with Crippen molar-refractivity contribution < 1.29 is 9.59 Å². The molecule has 1 aliphatic rings. The molecular formula is C23H26N4O2S. The number of anilines is 1. The van der Waals surface area contributed by atoms with E-state index < -0.39 is 0 Å². The largest absolute Gasteiger partial charge is 0.352 e. The van der Waals surface area contributed by atoms with Crippen LogP contribution in [0.4, 0.5) is 5.69 Å². The Labute approximate surface area is 180 Å². The van der Waals surface area contributed by atoms with E-state index in [4.69, 9.17) is 0 Å². The topological polar surface area (TPSA) is 67.2 Å². The maximum atomic E-state index is 13.1. The van der Waals surface area contributed by atoms with E-state index in [1.807, 2.05) is 65.8 Å². The number of carbonyl (C=O) groups excluding carboxylic acids is 2. The number of fused-ring (bicyclic) bond motifs is 2. The van der Waals surface area contributed by atoms with Gasteiger partial charge in [0.05, 0.1) is 16.8 Å². The van der Waals surface area contributed by atoms with E-state index in [0.29, 0.717) is 5.16 Å². The van der Waals surface area contributed by atoms with Crippen LogP contribution < -0.4 is 10.2 Å². The van der Waals surface area contributed by atoms with Gasteiger partial charge in [-0.1, -0.05) is 42.1 Å². The molecule has 6 nitrogen and oxygen atoms in total. The first-order valence-corrected chi connectivity index (χ1v) is 11.2. The van der Waals surface area contributed by atoms with Gasteiger partial charge in [0, 0.05) is 17.8 Å². The molecule has 0 bridgehead atoms. The normalized spacial score (nSPS) is 15.6. The Balaban J connectivity index is 1.54. The summed E-state index contributed by atoms with van der Waals surface area (Å²) in [5.41, 5.74) is 3.93. The van der Waals surface area contributed by atoms with E-state index in [1.54, 1.807) is 0 Å². The van der Waals surface area contributed by atoms with Crippen LogP contribution in [0.25, 0.3) is 11.0 Å². The number of carbonyl (C=O) groups is 2. The van der Waals surface area contributed by atoms with Crippen LogP contribution in [0.3, 0.4) is 0 Å². The summed E-state index contributed by atoms with van der Waals surface area (Å²) in [4.78, 5) is 32.0. The predicted octanol–water partition coefficient (Wildman–Crippen LogP) is 3.63. The third-order valence-corrected chi connectivity index (χ3v) is 6.13. The lowest BCUT2D eigenvalue weighted by molar-refractivity contribution is -0.122. The highest BCUT2D eigenvalue weighted by Crippen LogP contribution is 2.33. The zero-order valence-electron chi connectivity index (χ0n) is 17.5. The minimum Gasteiger partial charge on any atom is -0.352 e. The van der Waals surface area contributed by atoms with Crippen molar-refractivity contribution >= 4 is 40.3 Å². The van der Waals surface area contributed by atoms with Crippen molar-refractivity contribution in [2.75, 3.05) is 10.7 Å². The first-order chi connectivity index (χ1) is 14.4. The molecule has 0 spiro atoms. The van der Waals surface area contributed by atoms with Gasteiger partial charge in [-0.2, -0.15) is 0 Å². The van der Waals surface area contributed by atoms with Crippen molar-refractivity contribution in [3.05, 3.63) is 54.1 Å². The van der Waals surface area contributed by atoms with Gasteiger partial charge < -0.3 is 14.8 Å². The number of benzene rings is 2. The molecule has 2 heterocycles. The molecule has 30 heavy (non-hydrogen) atoms. The van der Waals surface area contributed by atoms with Gasteiger partial charge in [0.2, 0.25) is 11.8 Å². The second-order valence-corrected chi connectivity index (χ2v) is 8.87. The fourth-order valence-corrected chi connectivity index (χ4v) is 4.84. The Kier molecular flexibility index (Phi) is 5.81. The molecule has 156 valence electrons. The predicted molar refractivity (Wildman–Crippen MR) is 121 cm³/mol. The second kappa shape index (κ2) is 8.52. The number of aromatic nitrogens is 2. The number of rotatable bonds is 6. The summed E-state index contributed by atoms with van der Waals surface area (Å²) >= 11 is 1.39. The number of nitrogens with zero attached hydrogens (tertiary/aromatic N) is 3. The number of hydrogen-bond donors (Lipinski definition) is 1. The number of hydrogen-bond acceptors (Lipinski definition) is 4. The molecule has 0 saturated heterocycles. The summed E-state index contributed by atoms with van der Waals surface area (Å²) in [5.74, 6) is 0.263. The van der Waals surface area contributed by atoms with Crippen molar-refractivity contribution in [1.82, 2.24) is 14.9 Å². The van der Waals surface area contributed by atoms with Gasteiger partial charge >= 0.3 is 0 Å². The Hall–Kier alpha value is -2.80. The third kappa shape index (κ3) is 4.07. The van der Waals surface area contributed by atoms with Gasteiger partial charge in [0.1, 0.15) is 6.54 Å². The Morgan fingerprint density at radius 3 is 2.70 bits per heavy atom. The molecule has 0 fully saturated rings. The number of nitrogens with one attached hydrogen (secondary N) is 1. The zero-order chi connectivity index (χ0) is 21.3. The molecule has 0 radical (unpaired) electrons. The molecule has 3 aromatic rings. The first kappa shape index (κ1) is 20.5. The quantitative estimate of drug-likeness (QED) is 0.616. The molecule has 7 heteroatoms.